The Labute approximate surface area is 246 Å². The highest BCUT2D eigenvalue weighted by Gasteiger charge is 2.70. The highest BCUT2D eigenvalue weighted by molar-refractivity contribution is 6.16. The second-order valence-corrected chi connectivity index (χ2v) is 10.9. The number of nitro benzene ring substituents is 1. The van der Waals surface area contributed by atoms with E-state index in [4.69, 9.17) is 4.74 Å². The predicted molar refractivity (Wildman–Crippen MR) is 159 cm³/mol. The van der Waals surface area contributed by atoms with Crippen LogP contribution in [0.1, 0.15) is 43.4 Å². The molecule has 212 valence electrons. The van der Waals surface area contributed by atoms with Crippen molar-refractivity contribution in [1.82, 2.24) is 4.90 Å². The molecule has 0 radical (unpaired) electrons. The second-order valence-electron chi connectivity index (χ2n) is 10.9. The summed E-state index contributed by atoms with van der Waals surface area (Å²) in [4.78, 5) is 56.9. The molecular formula is C34H25N3O6. The summed E-state index contributed by atoms with van der Waals surface area (Å²) >= 11 is 0. The lowest BCUT2D eigenvalue weighted by molar-refractivity contribution is -0.384. The topological polar surface area (TPSA) is 119 Å². The number of amides is 1. The standard InChI is InChI=1S/C34H25N3O6/c1-43-24-12-7-10-22(19-24)31(39)29-28(30(38)21-9-6-11-23(18-21)37(41)42)34(26-14-4-5-15-27(26)35-33(34)40)32-25-13-3-2-8-20(25)16-17-36(29)32/h2-19,28-29,32H,1H3,(H,35,40)/t28-,29-,32+,34+/m0/s1. The molecule has 0 aromatic heterocycles. The predicted octanol–water partition coefficient (Wildman–Crippen LogP) is 5.59. The van der Waals surface area contributed by atoms with Gasteiger partial charge in [0.1, 0.15) is 17.2 Å². The smallest absolute Gasteiger partial charge is 0.270 e. The van der Waals surface area contributed by atoms with Crippen LogP contribution in [0.15, 0.2) is 103 Å². The van der Waals surface area contributed by atoms with Gasteiger partial charge in [-0.15, -0.1) is 0 Å². The average molecular weight is 572 g/mol. The van der Waals surface area contributed by atoms with E-state index in [0.29, 0.717) is 22.6 Å². The molecule has 4 atom stereocenters. The van der Waals surface area contributed by atoms with Crippen molar-refractivity contribution in [1.29, 1.82) is 0 Å². The van der Waals surface area contributed by atoms with Crippen molar-refractivity contribution in [2.45, 2.75) is 17.5 Å². The van der Waals surface area contributed by atoms with Gasteiger partial charge in [0, 0.05) is 35.1 Å². The molecule has 0 unspecified atom stereocenters. The summed E-state index contributed by atoms with van der Waals surface area (Å²) in [5.74, 6) is -2.07. The number of hydrogen-bond donors (Lipinski definition) is 1. The van der Waals surface area contributed by atoms with Crippen LogP contribution in [0.2, 0.25) is 0 Å². The van der Waals surface area contributed by atoms with Crippen LogP contribution in [0, 0.1) is 16.0 Å². The Morgan fingerprint density at radius 1 is 0.907 bits per heavy atom. The van der Waals surface area contributed by atoms with E-state index in [1.165, 1.54) is 31.4 Å². The summed E-state index contributed by atoms with van der Waals surface area (Å²) in [6.07, 6.45) is 3.66. The van der Waals surface area contributed by atoms with Gasteiger partial charge in [0.05, 0.1) is 24.0 Å². The van der Waals surface area contributed by atoms with E-state index < -0.39 is 40.0 Å². The van der Waals surface area contributed by atoms with Crippen LogP contribution >= 0.6 is 0 Å². The number of rotatable bonds is 6. The minimum Gasteiger partial charge on any atom is -0.497 e. The number of methoxy groups -OCH3 is 1. The van der Waals surface area contributed by atoms with Gasteiger partial charge < -0.3 is 15.0 Å². The zero-order valence-electron chi connectivity index (χ0n) is 23.0. The molecule has 0 bridgehead atoms. The monoisotopic (exact) mass is 571 g/mol. The maximum Gasteiger partial charge on any atom is 0.270 e. The number of nitrogens with zero attached hydrogens (tertiary/aromatic N) is 2. The molecule has 1 N–H and O–H groups in total. The molecule has 1 saturated heterocycles. The molecule has 3 heterocycles. The van der Waals surface area contributed by atoms with E-state index in [0.717, 1.165) is 11.1 Å². The van der Waals surface area contributed by atoms with Gasteiger partial charge >= 0.3 is 0 Å². The first-order valence-corrected chi connectivity index (χ1v) is 13.8. The molecular weight excluding hydrogens is 546 g/mol. The lowest BCUT2D eigenvalue weighted by Crippen LogP contribution is -2.49. The summed E-state index contributed by atoms with van der Waals surface area (Å²) < 4.78 is 5.38. The van der Waals surface area contributed by atoms with E-state index in [1.807, 2.05) is 47.4 Å². The summed E-state index contributed by atoms with van der Waals surface area (Å²) in [5.41, 5.74) is 1.42. The number of benzene rings is 4. The number of nitrogens with one attached hydrogen (secondary N) is 1. The van der Waals surface area contributed by atoms with Gasteiger partial charge in [-0.25, -0.2) is 0 Å². The molecule has 1 fully saturated rings. The van der Waals surface area contributed by atoms with Crippen LogP contribution in [0.5, 0.6) is 5.75 Å². The van der Waals surface area contributed by atoms with Crippen LogP contribution in [-0.2, 0) is 10.2 Å². The Hall–Kier alpha value is -5.57. The molecule has 3 aliphatic heterocycles. The molecule has 7 rings (SSSR count). The molecule has 0 aliphatic carbocycles. The summed E-state index contributed by atoms with van der Waals surface area (Å²) in [7, 11) is 1.50. The minimum atomic E-state index is -1.53. The van der Waals surface area contributed by atoms with Crippen LogP contribution in [0.4, 0.5) is 11.4 Å². The van der Waals surface area contributed by atoms with Crippen molar-refractivity contribution in [3.05, 3.63) is 141 Å². The third kappa shape index (κ3) is 3.74. The van der Waals surface area contributed by atoms with Crippen LogP contribution in [-0.4, -0.2) is 40.4 Å². The summed E-state index contributed by atoms with van der Waals surface area (Å²) in [6, 6.07) is 25.1. The number of fused-ring (bicyclic) bond motifs is 6. The fraction of sp³-hybridized carbons (Fsp3) is 0.147. The number of ether oxygens (including phenoxy) is 1. The molecule has 1 spiro atoms. The van der Waals surface area contributed by atoms with E-state index in [2.05, 4.69) is 5.32 Å². The Morgan fingerprint density at radius 3 is 2.42 bits per heavy atom. The quantitative estimate of drug-likeness (QED) is 0.182. The molecule has 4 aromatic rings. The number of nitro groups is 1. The first-order chi connectivity index (χ1) is 20.9. The minimum absolute atomic E-state index is 0.0521. The van der Waals surface area contributed by atoms with Crippen LogP contribution in [0.3, 0.4) is 0 Å². The Kier molecular flexibility index (Phi) is 5.98. The molecule has 9 heteroatoms. The zero-order chi connectivity index (χ0) is 29.9. The molecule has 0 saturated carbocycles. The van der Waals surface area contributed by atoms with E-state index in [1.54, 1.807) is 42.6 Å². The average Bonchev–Trinajstić information content (AvgIpc) is 3.52. The second kappa shape index (κ2) is 9.77. The number of non-ortho nitro benzene ring substituents is 1. The number of Topliss-reactive ketones (excluding diaryl/α,β-unsaturated/α-hetero) is 2. The Bertz CT molecular complexity index is 1880. The first kappa shape index (κ1) is 26.3. The number of hydrogen-bond acceptors (Lipinski definition) is 7. The van der Waals surface area contributed by atoms with Gasteiger partial charge in [0.2, 0.25) is 5.91 Å². The fourth-order valence-electron chi connectivity index (χ4n) is 7.07. The number of carbonyl (C=O) groups excluding carboxylic acids is 3. The largest absolute Gasteiger partial charge is 0.497 e. The third-order valence-corrected chi connectivity index (χ3v) is 8.82. The van der Waals surface area contributed by atoms with Crippen molar-refractivity contribution >= 4 is 34.9 Å². The molecule has 4 aromatic carbocycles. The van der Waals surface area contributed by atoms with Crippen molar-refractivity contribution in [2.75, 3.05) is 12.4 Å². The van der Waals surface area contributed by atoms with Gasteiger partial charge in [0.25, 0.3) is 5.69 Å². The number of anilines is 1. The molecule has 1 amide bonds. The molecule has 9 nitrogen and oxygen atoms in total. The Balaban J connectivity index is 1.53. The number of para-hydroxylation sites is 1. The van der Waals surface area contributed by atoms with Crippen molar-refractivity contribution < 1.29 is 24.0 Å². The van der Waals surface area contributed by atoms with E-state index in [9.17, 15) is 24.5 Å². The van der Waals surface area contributed by atoms with Crippen molar-refractivity contribution in [3.63, 3.8) is 0 Å². The number of ketones is 2. The maximum atomic E-state index is 14.8. The van der Waals surface area contributed by atoms with E-state index >= 15 is 0 Å². The first-order valence-electron chi connectivity index (χ1n) is 13.8. The summed E-state index contributed by atoms with van der Waals surface area (Å²) in [5, 5.41) is 14.7. The van der Waals surface area contributed by atoms with Gasteiger partial charge in [-0.05, 0) is 41.0 Å². The molecule has 3 aliphatic rings. The third-order valence-electron chi connectivity index (χ3n) is 8.82. The SMILES string of the molecule is COc1cccc(C(=O)[C@@H]2[C@@H](C(=O)c3cccc([N+](=O)[O-])c3)[C@@]3(C(=O)Nc4ccccc43)[C@H]3c4ccccc4C=CN23)c1. The highest BCUT2D eigenvalue weighted by atomic mass is 16.6. The summed E-state index contributed by atoms with van der Waals surface area (Å²) in [6.45, 7) is 0. The van der Waals surface area contributed by atoms with Crippen molar-refractivity contribution in [2.24, 2.45) is 5.92 Å². The van der Waals surface area contributed by atoms with Gasteiger partial charge in [-0.1, -0.05) is 66.7 Å². The number of carbonyl (C=O) groups is 3. The van der Waals surface area contributed by atoms with Gasteiger partial charge in [-0.2, -0.15) is 0 Å². The lowest BCUT2D eigenvalue weighted by atomic mass is 9.62. The molecule has 43 heavy (non-hydrogen) atoms. The van der Waals surface area contributed by atoms with Crippen molar-refractivity contribution in [3.8, 4) is 5.75 Å². The van der Waals surface area contributed by atoms with Gasteiger partial charge in [-0.3, -0.25) is 24.5 Å². The zero-order valence-corrected chi connectivity index (χ0v) is 23.0. The normalized spacial score (nSPS) is 22.9. The lowest BCUT2D eigenvalue weighted by Gasteiger charge is -2.38. The maximum absolute atomic E-state index is 14.8. The van der Waals surface area contributed by atoms with Crippen LogP contribution < -0.4 is 10.1 Å². The Morgan fingerprint density at radius 2 is 1.63 bits per heavy atom. The van der Waals surface area contributed by atoms with Gasteiger partial charge in [0.15, 0.2) is 11.6 Å². The van der Waals surface area contributed by atoms with E-state index in [-0.39, 0.29) is 17.0 Å². The highest BCUT2D eigenvalue weighted by Crippen LogP contribution is 2.62. The van der Waals surface area contributed by atoms with Crippen LogP contribution in [0.25, 0.3) is 6.08 Å². The fourth-order valence-corrected chi connectivity index (χ4v) is 7.07.